The van der Waals surface area contributed by atoms with Crippen molar-refractivity contribution in [1.29, 1.82) is 0 Å². The van der Waals surface area contributed by atoms with Crippen LogP contribution in [-0.2, 0) is 19.6 Å². The van der Waals surface area contributed by atoms with Crippen molar-refractivity contribution < 1.29 is 28.2 Å². The van der Waals surface area contributed by atoms with Gasteiger partial charge in [-0.1, -0.05) is 6.92 Å². The fourth-order valence-corrected chi connectivity index (χ4v) is 4.36. The molecule has 2 saturated heterocycles. The molecule has 2 rings (SSSR count). The number of aliphatic carboxylic acids is 2. The van der Waals surface area contributed by atoms with E-state index in [4.69, 9.17) is 19.8 Å². The lowest BCUT2D eigenvalue weighted by molar-refractivity contribution is -0.159. The first-order valence-corrected chi connectivity index (χ1v) is 9.96. The average molecular weight is 364 g/mol. The highest BCUT2D eigenvalue weighted by Gasteiger charge is 2.31. The van der Waals surface area contributed by atoms with Gasteiger partial charge in [0, 0.05) is 25.7 Å². The van der Waals surface area contributed by atoms with Gasteiger partial charge in [-0.05, 0) is 45.1 Å². The van der Waals surface area contributed by atoms with Crippen LogP contribution >= 0.6 is 0 Å². The summed E-state index contributed by atoms with van der Waals surface area (Å²) in [7, 11) is -2.97. The van der Waals surface area contributed by atoms with Gasteiger partial charge in [0.25, 0.3) is 0 Å². The molecule has 0 aromatic carbocycles. The van der Waals surface area contributed by atoms with Crippen LogP contribution in [0.15, 0.2) is 0 Å². The fraction of sp³-hybridized carbons (Fsp3) is 0.867. The predicted molar refractivity (Wildman–Crippen MR) is 89.3 cm³/mol. The van der Waals surface area contributed by atoms with E-state index in [-0.39, 0.29) is 5.75 Å². The molecule has 1 atom stereocenters. The summed E-state index contributed by atoms with van der Waals surface area (Å²) in [6, 6.07) is 0.607. The molecule has 2 fully saturated rings. The maximum Gasteiger partial charge on any atom is 0.414 e. The maximum absolute atomic E-state index is 11.8. The molecule has 0 aliphatic carbocycles. The molecule has 8 nitrogen and oxygen atoms in total. The first-order valence-electron chi connectivity index (χ1n) is 8.35. The van der Waals surface area contributed by atoms with E-state index >= 15 is 0 Å². The van der Waals surface area contributed by atoms with E-state index in [1.807, 2.05) is 0 Å². The van der Waals surface area contributed by atoms with E-state index < -0.39 is 22.0 Å². The van der Waals surface area contributed by atoms with Crippen LogP contribution in [0, 0.1) is 5.92 Å². The standard InChI is InChI=1S/C13H26N2O2S.C2H2O4/c1-3-18(16,17)15-9-6-13(7-10-15)14-8-4-5-12(2)11-14;3-1(4)2(5)6/h12-13H,3-11H2,1-2H3;(H,3,4)(H,5,6). The summed E-state index contributed by atoms with van der Waals surface area (Å²) in [6.07, 6.45) is 4.66. The van der Waals surface area contributed by atoms with Crippen LogP contribution < -0.4 is 0 Å². The summed E-state index contributed by atoms with van der Waals surface area (Å²) >= 11 is 0. The summed E-state index contributed by atoms with van der Waals surface area (Å²) in [5.41, 5.74) is 0. The number of nitrogens with zero attached hydrogens (tertiary/aromatic N) is 2. The topological polar surface area (TPSA) is 115 Å². The Morgan fingerprint density at radius 2 is 1.58 bits per heavy atom. The zero-order chi connectivity index (χ0) is 18.3. The minimum absolute atomic E-state index is 0.235. The Kier molecular flexibility index (Phi) is 8.11. The van der Waals surface area contributed by atoms with Gasteiger partial charge in [0.2, 0.25) is 10.0 Å². The van der Waals surface area contributed by atoms with Crippen molar-refractivity contribution in [2.75, 3.05) is 31.9 Å². The van der Waals surface area contributed by atoms with Gasteiger partial charge in [0.1, 0.15) is 0 Å². The molecule has 2 aliphatic rings. The molecule has 0 saturated carbocycles. The van der Waals surface area contributed by atoms with E-state index in [1.165, 1.54) is 25.9 Å². The van der Waals surface area contributed by atoms with E-state index in [2.05, 4.69) is 11.8 Å². The van der Waals surface area contributed by atoms with E-state index in [9.17, 15) is 8.42 Å². The lowest BCUT2D eigenvalue weighted by atomic mass is 9.96. The monoisotopic (exact) mass is 364 g/mol. The minimum Gasteiger partial charge on any atom is -0.473 e. The Hall–Kier alpha value is -1.19. The average Bonchev–Trinajstić information content (AvgIpc) is 2.55. The quantitative estimate of drug-likeness (QED) is 0.708. The summed E-state index contributed by atoms with van der Waals surface area (Å²) in [4.78, 5) is 20.8. The number of sulfonamides is 1. The lowest BCUT2D eigenvalue weighted by Gasteiger charge is -2.41. The Labute approximate surface area is 143 Å². The predicted octanol–water partition coefficient (Wildman–Crippen LogP) is 0.688. The Bertz CT molecular complexity index is 516. The second-order valence-corrected chi connectivity index (χ2v) is 8.64. The molecule has 2 aliphatic heterocycles. The molecule has 0 aromatic heterocycles. The van der Waals surface area contributed by atoms with Crippen molar-refractivity contribution in [2.24, 2.45) is 5.92 Å². The van der Waals surface area contributed by atoms with Crippen LogP contribution in [0.1, 0.15) is 39.5 Å². The van der Waals surface area contributed by atoms with E-state index in [1.54, 1.807) is 11.2 Å². The SMILES string of the molecule is CCS(=O)(=O)N1CCC(N2CCCC(C)C2)CC1.O=C(O)C(=O)O. The van der Waals surface area contributed by atoms with Gasteiger partial charge in [0.05, 0.1) is 5.75 Å². The second-order valence-electron chi connectivity index (χ2n) is 6.38. The van der Waals surface area contributed by atoms with Crippen LogP contribution in [-0.4, -0.2) is 77.7 Å². The zero-order valence-corrected chi connectivity index (χ0v) is 15.2. The summed E-state index contributed by atoms with van der Waals surface area (Å²) in [5.74, 6) is -2.61. The highest BCUT2D eigenvalue weighted by Crippen LogP contribution is 2.24. The van der Waals surface area contributed by atoms with Gasteiger partial charge < -0.3 is 15.1 Å². The normalized spacial score (nSPS) is 24.0. The molecule has 2 heterocycles. The van der Waals surface area contributed by atoms with Gasteiger partial charge in [-0.15, -0.1) is 0 Å². The highest BCUT2D eigenvalue weighted by molar-refractivity contribution is 7.89. The Balaban J connectivity index is 0.000000413. The van der Waals surface area contributed by atoms with Crippen LogP contribution in [0.2, 0.25) is 0 Å². The van der Waals surface area contributed by atoms with Gasteiger partial charge in [-0.25, -0.2) is 22.3 Å². The maximum atomic E-state index is 11.8. The second kappa shape index (κ2) is 9.33. The van der Waals surface area contributed by atoms with Crippen LogP contribution in [0.3, 0.4) is 0 Å². The molecule has 2 N–H and O–H groups in total. The molecule has 24 heavy (non-hydrogen) atoms. The number of carboxylic acid groups (broad SMARTS) is 2. The molecule has 0 amide bonds. The molecular formula is C15H28N2O6S. The summed E-state index contributed by atoms with van der Waals surface area (Å²) in [6.45, 7) is 7.88. The third-order valence-corrected chi connectivity index (χ3v) is 6.45. The molecule has 140 valence electrons. The number of piperidine rings is 2. The summed E-state index contributed by atoms with van der Waals surface area (Å²) < 4.78 is 25.3. The van der Waals surface area contributed by atoms with Crippen molar-refractivity contribution in [2.45, 2.75) is 45.6 Å². The van der Waals surface area contributed by atoms with Gasteiger partial charge in [0.15, 0.2) is 0 Å². The summed E-state index contributed by atoms with van der Waals surface area (Å²) in [5, 5.41) is 14.8. The highest BCUT2D eigenvalue weighted by atomic mass is 32.2. The molecular weight excluding hydrogens is 336 g/mol. The number of hydrogen-bond donors (Lipinski definition) is 2. The number of hydrogen-bond acceptors (Lipinski definition) is 5. The van der Waals surface area contributed by atoms with Crippen molar-refractivity contribution in [3.8, 4) is 0 Å². The van der Waals surface area contributed by atoms with Crippen molar-refractivity contribution in [3.63, 3.8) is 0 Å². The fourth-order valence-electron chi connectivity index (χ4n) is 3.23. The minimum atomic E-state index is -2.97. The first kappa shape index (κ1) is 20.9. The molecule has 0 spiro atoms. The lowest BCUT2D eigenvalue weighted by Crippen LogP contribution is -2.49. The first-order chi connectivity index (χ1) is 11.2. The van der Waals surface area contributed by atoms with E-state index in [0.717, 1.165) is 18.8 Å². The molecule has 0 aromatic rings. The number of rotatable bonds is 3. The Morgan fingerprint density at radius 1 is 1.04 bits per heavy atom. The van der Waals surface area contributed by atoms with Crippen LogP contribution in [0.5, 0.6) is 0 Å². The van der Waals surface area contributed by atoms with Crippen molar-refractivity contribution in [3.05, 3.63) is 0 Å². The Morgan fingerprint density at radius 3 is 2.00 bits per heavy atom. The largest absolute Gasteiger partial charge is 0.473 e. The number of carboxylic acids is 2. The smallest absolute Gasteiger partial charge is 0.414 e. The van der Waals surface area contributed by atoms with Gasteiger partial charge in [-0.2, -0.15) is 0 Å². The van der Waals surface area contributed by atoms with Crippen LogP contribution in [0.4, 0.5) is 0 Å². The van der Waals surface area contributed by atoms with Gasteiger partial charge >= 0.3 is 11.9 Å². The van der Waals surface area contributed by atoms with Crippen LogP contribution in [0.25, 0.3) is 0 Å². The van der Waals surface area contributed by atoms with Crippen molar-refractivity contribution in [1.82, 2.24) is 9.21 Å². The van der Waals surface area contributed by atoms with Crippen molar-refractivity contribution >= 4 is 22.0 Å². The third kappa shape index (κ3) is 6.37. The van der Waals surface area contributed by atoms with E-state index in [0.29, 0.717) is 19.1 Å². The van der Waals surface area contributed by atoms with Gasteiger partial charge in [-0.3, -0.25) is 0 Å². The number of likely N-dealkylation sites (tertiary alicyclic amines) is 1. The molecule has 0 radical (unpaired) electrons. The zero-order valence-electron chi connectivity index (χ0n) is 14.3. The molecule has 9 heteroatoms. The third-order valence-electron chi connectivity index (χ3n) is 4.57. The number of carbonyl (C=O) groups is 2. The molecule has 1 unspecified atom stereocenters. The molecule has 0 bridgehead atoms.